The molecule has 0 amide bonds. The molecule has 2 rings (SSSR count). The summed E-state index contributed by atoms with van der Waals surface area (Å²) in [5.74, 6) is -0.661. The molecular formula is C15H15O4P. The molecule has 2 aromatic rings. The van der Waals surface area contributed by atoms with Gasteiger partial charge in [0.2, 0.25) is 0 Å². The van der Waals surface area contributed by atoms with Gasteiger partial charge in [-0.25, -0.2) is 9.36 Å². The summed E-state index contributed by atoms with van der Waals surface area (Å²) in [5, 5.41) is 0.367. The second-order valence-corrected chi connectivity index (χ2v) is 5.95. The minimum absolute atomic E-state index is 0.189. The molecule has 1 unspecified atom stereocenters. The van der Waals surface area contributed by atoms with E-state index < -0.39 is 13.6 Å². The van der Waals surface area contributed by atoms with E-state index in [0.29, 0.717) is 10.9 Å². The molecule has 0 aliphatic carbocycles. The Morgan fingerprint density at radius 1 is 1.00 bits per heavy atom. The van der Waals surface area contributed by atoms with Crippen molar-refractivity contribution < 1.29 is 18.4 Å². The molecule has 1 atom stereocenters. The van der Waals surface area contributed by atoms with Crippen LogP contribution in [0.2, 0.25) is 0 Å². The van der Waals surface area contributed by atoms with E-state index in [9.17, 15) is 9.36 Å². The summed E-state index contributed by atoms with van der Waals surface area (Å²) >= 11 is 0. The zero-order valence-electron chi connectivity index (χ0n) is 11.1. The zero-order valence-corrected chi connectivity index (χ0v) is 12.0. The molecule has 0 aliphatic rings. The first-order chi connectivity index (χ1) is 9.65. The van der Waals surface area contributed by atoms with E-state index >= 15 is 0 Å². The third-order valence-electron chi connectivity index (χ3n) is 2.58. The van der Waals surface area contributed by atoms with Gasteiger partial charge in [-0.2, -0.15) is 0 Å². The molecule has 0 spiro atoms. The maximum absolute atomic E-state index is 12.7. The Hall–Kier alpha value is -1.90. The van der Waals surface area contributed by atoms with Crippen molar-refractivity contribution in [2.45, 2.75) is 6.92 Å². The zero-order chi connectivity index (χ0) is 14.4. The van der Waals surface area contributed by atoms with Gasteiger partial charge in [0, 0.05) is 0 Å². The topological polar surface area (TPSA) is 52.6 Å². The second kappa shape index (κ2) is 6.51. The molecule has 0 saturated carbocycles. The van der Waals surface area contributed by atoms with Crippen molar-refractivity contribution >= 4 is 18.9 Å². The van der Waals surface area contributed by atoms with Gasteiger partial charge in [0.05, 0.1) is 17.5 Å². The highest BCUT2D eigenvalue weighted by Gasteiger charge is 2.31. The number of hydrogen-bond donors (Lipinski definition) is 0. The first kappa shape index (κ1) is 14.5. The molecule has 0 heterocycles. The van der Waals surface area contributed by atoms with Crippen molar-refractivity contribution in [2.75, 3.05) is 6.61 Å². The molecule has 20 heavy (non-hydrogen) atoms. The summed E-state index contributed by atoms with van der Waals surface area (Å²) in [6.07, 6.45) is 0. The molecule has 5 heteroatoms. The smallest absolute Gasteiger partial charge is 0.385 e. The van der Waals surface area contributed by atoms with Crippen molar-refractivity contribution in [3.05, 3.63) is 66.2 Å². The van der Waals surface area contributed by atoms with Gasteiger partial charge in [-0.15, -0.1) is 0 Å². The lowest BCUT2D eigenvalue weighted by Gasteiger charge is -2.17. The Bertz CT molecular complexity index is 610. The first-order valence-electron chi connectivity index (χ1n) is 6.25. The molecule has 0 radical (unpaired) electrons. The molecule has 0 aliphatic heterocycles. The van der Waals surface area contributed by atoms with Crippen molar-refractivity contribution in [3.63, 3.8) is 0 Å². The van der Waals surface area contributed by atoms with Crippen LogP contribution in [-0.2, 0) is 13.6 Å². The number of hydrogen-bond acceptors (Lipinski definition) is 4. The first-order valence-corrected chi connectivity index (χ1v) is 7.79. The van der Waals surface area contributed by atoms with E-state index in [0.717, 1.165) is 0 Å². The average Bonchev–Trinajstić information content (AvgIpc) is 2.49. The summed E-state index contributed by atoms with van der Waals surface area (Å²) in [6.45, 7) is 1.89. The Labute approximate surface area is 117 Å². The third-order valence-corrected chi connectivity index (χ3v) is 4.52. The Balaban J connectivity index is 2.27. The fourth-order valence-corrected chi connectivity index (χ4v) is 3.18. The van der Waals surface area contributed by atoms with E-state index in [-0.39, 0.29) is 6.61 Å². The summed E-state index contributed by atoms with van der Waals surface area (Å²) in [7, 11) is -3.64. The lowest BCUT2D eigenvalue weighted by atomic mass is 10.2. The number of benzene rings is 2. The Morgan fingerprint density at radius 3 is 2.10 bits per heavy atom. The summed E-state index contributed by atoms with van der Waals surface area (Å²) < 4.78 is 23.1. The third kappa shape index (κ3) is 3.35. The van der Waals surface area contributed by atoms with Crippen LogP contribution >= 0.6 is 7.60 Å². The number of carbonyl (C=O) groups is 1. The Kier molecular flexibility index (Phi) is 4.72. The van der Waals surface area contributed by atoms with Crippen LogP contribution < -0.4 is 5.30 Å². The Morgan fingerprint density at radius 2 is 1.55 bits per heavy atom. The highest BCUT2D eigenvalue weighted by Crippen LogP contribution is 2.47. The monoisotopic (exact) mass is 290 g/mol. The molecule has 104 valence electrons. The average molecular weight is 290 g/mol. The van der Waals surface area contributed by atoms with E-state index in [2.05, 4.69) is 0 Å². The lowest BCUT2D eigenvalue weighted by molar-refractivity contribution is 0.0708. The molecule has 2 aromatic carbocycles. The normalized spacial score (nSPS) is 13.4. The molecule has 0 fully saturated rings. The lowest BCUT2D eigenvalue weighted by Crippen LogP contribution is -2.14. The van der Waals surface area contributed by atoms with Crippen LogP contribution in [0, 0.1) is 0 Å². The molecule has 0 bridgehead atoms. The molecule has 0 saturated heterocycles. The molecule has 0 aromatic heterocycles. The largest absolute Gasteiger partial charge is 0.413 e. The van der Waals surface area contributed by atoms with Crippen molar-refractivity contribution in [1.29, 1.82) is 0 Å². The van der Waals surface area contributed by atoms with E-state index in [1.165, 1.54) is 0 Å². The van der Waals surface area contributed by atoms with Gasteiger partial charge in [-0.1, -0.05) is 36.4 Å². The van der Waals surface area contributed by atoms with Crippen molar-refractivity contribution in [3.8, 4) is 0 Å². The van der Waals surface area contributed by atoms with Gasteiger partial charge >= 0.3 is 13.6 Å². The number of carbonyl (C=O) groups excluding carboxylic acids is 1. The van der Waals surface area contributed by atoms with E-state index in [4.69, 9.17) is 9.05 Å². The highest BCUT2D eigenvalue weighted by atomic mass is 31.2. The molecule has 0 N–H and O–H groups in total. The fraction of sp³-hybridized carbons (Fsp3) is 0.133. The maximum atomic E-state index is 12.7. The van der Waals surface area contributed by atoms with E-state index in [1.807, 2.05) is 0 Å². The van der Waals surface area contributed by atoms with Crippen LogP contribution in [0.4, 0.5) is 0 Å². The van der Waals surface area contributed by atoms with Crippen LogP contribution in [-0.4, -0.2) is 12.6 Å². The second-order valence-electron chi connectivity index (χ2n) is 4.00. The predicted molar refractivity (Wildman–Crippen MR) is 77.2 cm³/mol. The van der Waals surface area contributed by atoms with Crippen LogP contribution in [0.25, 0.3) is 0 Å². The summed E-state index contributed by atoms with van der Waals surface area (Å²) in [6, 6.07) is 16.9. The van der Waals surface area contributed by atoms with Gasteiger partial charge in [-0.05, 0) is 31.2 Å². The highest BCUT2D eigenvalue weighted by molar-refractivity contribution is 7.62. The standard InChI is InChI=1S/C15H15O4P/c1-2-18-20(17,14-11-7-4-8-12-14)19-15(16)13-9-5-3-6-10-13/h3-12H,2H2,1H3. The van der Waals surface area contributed by atoms with Crippen molar-refractivity contribution in [1.82, 2.24) is 0 Å². The minimum Gasteiger partial charge on any atom is -0.385 e. The molecule has 4 nitrogen and oxygen atoms in total. The predicted octanol–water partition coefficient (Wildman–Crippen LogP) is 3.40. The van der Waals surface area contributed by atoms with Gasteiger partial charge < -0.3 is 4.52 Å². The van der Waals surface area contributed by atoms with Crippen LogP contribution in [0.3, 0.4) is 0 Å². The van der Waals surface area contributed by atoms with Crippen LogP contribution in [0.5, 0.6) is 0 Å². The fourth-order valence-electron chi connectivity index (χ4n) is 1.67. The van der Waals surface area contributed by atoms with Gasteiger partial charge in [-0.3, -0.25) is 4.52 Å². The van der Waals surface area contributed by atoms with Crippen LogP contribution in [0.1, 0.15) is 17.3 Å². The minimum atomic E-state index is -3.64. The quantitative estimate of drug-likeness (QED) is 0.792. The maximum Gasteiger partial charge on any atom is 0.413 e. The SMILES string of the molecule is CCOP(=O)(OC(=O)c1ccccc1)c1ccccc1. The molecular weight excluding hydrogens is 275 g/mol. The van der Waals surface area contributed by atoms with E-state index in [1.54, 1.807) is 67.6 Å². The van der Waals surface area contributed by atoms with Gasteiger partial charge in [0.25, 0.3) is 0 Å². The van der Waals surface area contributed by atoms with Gasteiger partial charge in [0.1, 0.15) is 0 Å². The van der Waals surface area contributed by atoms with Crippen LogP contribution in [0.15, 0.2) is 60.7 Å². The summed E-state index contributed by atoms with van der Waals surface area (Å²) in [5.41, 5.74) is 0.336. The number of rotatable bonds is 5. The van der Waals surface area contributed by atoms with Gasteiger partial charge in [0.15, 0.2) is 0 Å². The summed E-state index contributed by atoms with van der Waals surface area (Å²) in [4.78, 5) is 12.0. The van der Waals surface area contributed by atoms with Crippen molar-refractivity contribution in [2.24, 2.45) is 0 Å².